The molecule has 4 heterocycles. The highest BCUT2D eigenvalue weighted by atomic mass is 17.3. The van der Waals surface area contributed by atoms with E-state index >= 15 is 0 Å². The van der Waals surface area contributed by atoms with Crippen molar-refractivity contribution in [1.29, 1.82) is 0 Å². The molecule has 0 N–H and O–H groups in total. The van der Waals surface area contributed by atoms with Crippen LogP contribution in [0.25, 0.3) is 0 Å². The van der Waals surface area contributed by atoms with Gasteiger partial charge in [-0.3, -0.25) is 9.59 Å². The number of ether oxygens (including phenoxy) is 3. The van der Waals surface area contributed by atoms with Gasteiger partial charge in [-0.1, -0.05) is 13.8 Å². The molecule has 8 atom stereocenters. The van der Waals surface area contributed by atoms with E-state index in [1.54, 1.807) is 6.92 Å². The van der Waals surface area contributed by atoms with Crippen molar-refractivity contribution in [3.63, 3.8) is 0 Å². The van der Waals surface area contributed by atoms with Crippen LogP contribution in [0.1, 0.15) is 47.0 Å². The molecule has 4 saturated heterocycles. The van der Waals surface area contributed by atoms with Gasteiger partial charge in [0.05, 0.1) is 5.92 Å². The van der Waals surface area contributed by atoms with Gasteiger partial charge in [0.25, 0.3) is 0 Å². The van der Waals surface area contributed by atoms with Gasteiger partial charge in [0.15, 0.2) is 11.7 Å². The van der Waals surface area contributed by atoms with Crippen LogP contribution in [0.15, 0.2) is 0 Å². The monoisotopic (exact) mass is 340 g/mol. The Morgan fingerprint density at radius 1 is 1.21 bits per heavy atom. The Kier molecular flexibility index (Phi) is 3.50. The highest BCUT2D eigenvalue weighted by Gasteiger charge is 2.72. The Morgan fingerprint density at radius 2 is 1.96 bits per heavy atom. The van der Waals surface area contributed by atoms with Crippen molar-refractivity contribution < 1.29 is 33.6 Å². The largest absolute Gasteiger partial charge is 0.457 e. The topological polar surface area (TPSA) is 80.3 Å². The fourth-order valence-electron chi connectivity index (χ4n) is 5.06. The summed E-state index contributed by atoms with van der Waals surface area (Å²) in [7, 11) is 0. The highest BCUT2D eigenvalue weighted by Crippen LogP contribution is 2.60. The number of hydrogen-bond acceptors (Lipinski definition) is 7. The summed E-state index contributed by atoms with van der Waals surface area (Å²) in [5, 5.41) is 0. The number of hydrogen-bond donors (Lipinski definition) is 0. The molecule has 2 bridgehead atoms. The molecule has 0 amide bonds. The molecule has 5 rings (SSSR count). The molecule has 5 aliphatic rings. The van der Waals surface area contributed by atoms with Gasteiger partial charge >= 0.3 is 11.9 Å². The molecule has 0 aromatic heterocycles. The van der Waals surface area contributed by atoms with E-state index in [0.29, 0.717) is 12.3 Å². The van der Waals surface area contributed by atoms with Gasteiger partial charge in [-0.05, 0) is 32.1 Å². The fraction of sp³-hybridized carbons (Fsp3) is 0.882. The third-order valence-corrected chi connectivity index (χ3v) is 6.40. The van der Waals surface area contributed by atoms with Gasteiger partial charge in [-0.25, -0.2) is 4.89 Å². The van der Waals surface area contributed by atoms with E-state index in [2.05, 4.69) is 6.92 Å². The summed E-state index contributed by atoms with van der Waals surface area (Å²) < 4.78 is 17.1. The van der Waals surface area contributed by atoms with Gasteiger partial charge in [0, 0.05) is 18.8 Å². The first-order valence-electron chi connectivity index (χ1n) is 8.70. The van der Waals surface area contributed by atoms with Crippen molar-refractivity contribution in [1.82, 2.24) is 0 Å². The van der Waals surface area contributed by atoms with Crippen LogP contribution >= 0.6 is 0 Å². The van der Waals surface area contributed by atoms with Crippen molar-refractivity contribution in [2.45, 2.75) is 70.7 Å². The predicted octanol–water partition coefficient (Wildman–Crippen LogP) is 1.94. The Balaban J connectivity index is 1.80. The molecule has 134 valence electrons. The fourth-order valence-corrected chi connectivity index (χ4v) is 5.06. The van der Waals surface area contributed by atoms with Gasteiger partial charge in [-0.15, -0.1) is 0 Å². The lowest BCUT2D eigenvalue weighted by Gasteiger charge is -2.57. The lowest BCUT2D eigenvalue weighted by atomic mass is 9.58. The molecule has 7 nitrogen and oxygen atoms in total. The Morgan fingerprint density at radius 3 is 2.67 bits per heavy atom. The summed E-state index contributed by atoms with van der Waals surface area (Å²) in [4.78, 5) is 35.5. The number of carbonyl (C=O) groups is 2. The van der Waals surface area contributed by atoms with Crippen LogP contribution in [0.3, 0.4) is 0 Å². The van der Waals surface area contributed by atoms with E-state index < -0.39 is 29.8 Å². The smallest absolute Gasteiger partial charge is 0.311 e. The second-order valence-electron chi connectivity index (χ2n) is 7.81. The molecule has 1 spiro atoms. The molecule has 0 unspecified atom stereocenters. The van der Waals surface area contributed by atoms with Gasteiger partial charge in [-0.2, -0.15) is 4.89 Å². The molecule has 4 aliphatic heterocycles. The number of rotatable bonds is 1. The molecule has 1 aliphatic carbocycles. The Labute approximate surface area is 140 Å². The molecule has 0 aromatic carbocycles. The molecule has 24 heavy (non-hydrogen) atoms. The first kappa shape index (κ1) is 16.3. The maximum atomic E-state index is 12.3. The normalized spacial score (nSPS) is 52.9. The molecule has 7 heteroatoms. The summed E-state index contributed by atoms with van der Waals surface area (Å²) in [6.07, 6.45) is 0.952. The molecular weight excluding hydrogens is 316 g/mol. The van der Waals surface area contributed by atoms with E-state index in [9.17, 15) is 9.59 Å². The van der Waals surface area contributed by atoms with E-state index in [1.807, 2.05) is 6.92 Å². The van der Waals surface area contributed by atoms with Crippen molar-refractivity contribution in [3.8, 4) is 0 Å². The number of fused-ring (bicyclic) bond motifs is 2. The minimum atomic E-state index is -1.29. The summed E-state index contributed by atoms with van der Waals surface area (Å²) in [5.41, 5.74) is -0.834. The third-order valence-electron chi connectivity index (χ3n) is 6.40. The van der Waals surface area contributed by atoms with Crippen LogP contribution in [-0.4, -0.2) is 35.7 Å². The summed E-state index contributed by atoms with van der Waals surface area (Å²) in [6.45, 7) is 7.05. The predicted molar refractivity (Wildman–Crippen MR) is 79.0 cm³/mol. The lowest BCUT2D eigenvalue weighted by Crippen LogP contribution is -2.70. The SMILES string of the molecule is CC(=O)O[C@H]1C[C@H]2[C@H](C)CC[C@H]3[C@@H](C)C(=O)O[C@@H]4O[C@@]1(C)OO[C@]423. The minimum Gasteiger partial charge on any atom is -0.457 e. The molecule has 5 fully saturated rings. The van der Waals surface area contributed by atoms with Crippen molar-refractivity contribution in [2.75, 3.05) is 0 Å². The van der Waals surface area contributed by atoms with Crippen LogP contribution in [0.5, 0.6) is 0 Å². The minimum absolute atomic E-state index is 0.0190. The maximum Gasteiger partial charge on any atom is 0.311 e. The molecular formula is C17H24O7. The molecule has 1 saturated carbocycles. The summed E-state index contributed by atoms with van der Waals surface area (Å²) in [6, 6.07) is 0. The zero-order chi connectivity index (χ0) is 17.3. The van der Waals surface area contributed by atoms with Crippen molar-refractivity contribution >= 4 is 11.9 Å². The average Bonchev–Trinajstić information content (AvgIpc) is 2.69. The first-order chi connectivity index (χ1) is 11.3. The van der Waals surface area contributed by atoms with Gasteiger partial charge in [0.1, 0.15) is 0 Å². The van der Waals surface area contributed by atoms with Crippen LogP contribution < -0.4 is 0 Å². The van der Waals surface area contributed by atoms with Gasteiger partial charge < -0.3 is 14.2 Å². The van der Waals surface area contributed by atoms with Crippen LogP contribution in [-0.2, 0) is 33.6 Å². The Hall–Kier alpha value is -1.18. The first-order valence-corrected chi connectivity index (χ1v) is 8.70. The summed E-state index contributed by atoms with van der Waals surface area (Å²) in [5.74, 6) is -1.94. The van der Waals surface area contributed by atoms with Gasteiger partial charge in [0.2, 0.25) is 12.1 Å². The number of esters is 2. The standard InChI is InChI=1S/C17H24O7/c1-8-5-6-11-9(2)14(19)21-15-17(11)12(8)7-13(20-10(3)18)16(4,22-15)23-24-17/h8-9,11-13,15H,5-7H2,1-4H3/t8-,9-,11+,12+,13+,15-,16+,17+/m1/s1. The summed E-state index contributed by atoms with van der Waals surface area (Å²) >= 11 is 0. The average molecular weight is 340 g/mol. The third kappa shape index (κ3) is 2.01. The molecule has 0 aromatic rings. The molecule has 0 radical (unpaired) electrons. The van der Waals surface area contributed by atoms with Crippen LogP contribution in [0.4, 0.5) is 0 Å². The second kappa shape index (κ2) is 5.16. The van der Waals surface area contributed by atoms with E-state index in [0.717, 1.165) is 12.8 Å². The highest BCUT2D eigenvalue weighted by molar-refractivity contribution is 5.74. The quantitative estimate of drug-likeness (QED) is 0.533. The van der Waals surface area contributed by atoms with E-state index in [4.69, 9.17) is 24.0 Å². The number of carbonyl (C=O) groups excluding carboxylic acids is 2. The van der Waals surface area contributed by atoms with Crippen molar-refractivity contribution in [2.24, 2.45) is 23.7 Å². The van der Waals surface area contributed by atoms with Crippen LogP contribution in [0, 0.1) is 23.7 Å². The Bertz CT molecular complexity index is 577. The maximum absolute atomic E-state index is 12.3. The lowest BCUT2D eigenvalue weighted by molar-refractivity contribution is -0.565. The van der Waals surface area contributed by atoms with Crippen molar-refractivity contribution in [3.05, 3.63) is 0 Å². The zero-order valence-corrected chi connectivity index (χ0v) is 14.4. The second-order valence-corrected chi connectivity index (χ2v) is 7.81. The van der Waals surface area contributed by atoms with Crippen LogP contribution in [0.2, 0.25) is 0 Å². The van der Waals surface area contributed by atoms with E-state index in [1.165, 1.54) is 6.92 Å². The van der Waals surface area contributed by atoms with E-state index in [-0.39, 0.29) is 23.7 Å². The zero-order valence-electron chi connectivity index (χ0n) is 14.4.